The zero-order valence-corrected chi connectivity index (χ0v) is 15.4. The van der Waals surface area contributed by atoms with Crippen LogP contribution < -0.4 is 16.6 Å². The van der Waals surface area contributed by atoms with E-state index < -0.39 is 0 Å². The van der Waals surface area contributed by atoms with Crippen LogP contribution in [0.5, 0.6) is 0 Å². The second-order valence-electron chi connectivity index (χ2n) is 6.42. The lowest BCUT2D eigenvalue weighted by Gasteiger charge is -2.06. The van der Waals surface area contributed by atoms with Crippen molar-refractivity contribution in [3.05, 3.63) is 62.7 Å². The molecular weight excluding hydrogens is 366 g/mol. The molecule has 8 nitrogen and oxygen atoms in total. The van der Waals surface area contributed by atoms with Gasteiger partial charge >= 0.3 is 5.69 Å². The van der Waals surface area contributed by atoms with Crippen LogP contribution in [0.15, 0.2) is 51.5 Å². The molecule has 0 spiro atoms. The number of rotatable bonds is 7. The van der Waals surface area contributed by atoms with Gasteiger partial charge in [-0.05, 0) is 30.4 Å². The minimum Gasteiger partial charge on any atom is -0.353 e. The largest absolute Gasteiger partial charge is 0.353 e. The molecule has 0 aliphatic heterocycles. The van der Waals surface area contributed by atoms with Gasteiger partial charge in [-0.2, -0.15) is 0 Å². The van der Waals surface area contributed by atoms with Crippen molar-refractivity contribution in [2.75, 3.05) is 6.54 Å². The average Bonchev–Trinajstić information content (AvgIpc) is 3.23. The number of carbonyl (C=O) groups excluding carboxylic acids is 1. The lowest BCUT2D eigenvalue weighted by Crippen LogP contribution is -2.35. The van der Waals surface area contributed by atoms with Gasteiger partial charge in [0.25, 0.3) is 5.56 Å². The highest BCUT2D eigenvalue weighted by atomic mass is 32.1. The Bertz CT molecular complexity index is 1060. The van der Waals surface area contributed by atoms with Gasteiger partial charge in [0.1, 0.15) is 6.54 Å². The molecule has 0 atom stereocenters. The zero-order valence-electron chi connectivity index (χ0n) is 14.6. The third-order valence-electron chi connectivity index (χ3n) is 4.38. The summed E-state index contributed by atoms with van der Waals surface area (Å²) >= 11 is 1.55. The number of carbonyl (C=O) groups is 1. The van der Waals surface area contributed by atoms with Gasteiger partial charge in [0.2, 0.25) is 5.91 Å². The summed E-state index contributed by atoms with van der Waals surface area (Å²) in [4.78, 5) is 37.3. The molecule has 0 saturated heterocycles. The van der Waals surface area contributed by atoms with Gasteiger partial charge in [-0.15, -0.1) is 16.4 Å². The predicted molar refractivity (Wildman–Crippen MR) is 102 cm³/mol. The number of aromatic nitrogens is 4. The van der Waals surface area contributed by atoms with Gasteiger partial charge in [-0.1, -0.05) is 12.1 Å². The van der Waals surface area contributed by atoms with Crippen molar-refractivity contribution in [3.63, 3.8) is 0 Å². The summed E-state index contributed by atoms with van der Waals surface area (Å²) in [5, 5.41) is 9.18. The first-order chi connectivity index (χ1) is 13.1. The predicted octanol–water partition coefficient (Wildman–Crippen LogP) is 1.09. The molecule has 0 aromatic carbocycles. The molecule has 27 heavy (non-hydrogen) atoms. The minimum atomic E-state index is -0.281. The average molecular weight is 385 g/mol. The van der Waals surface area contributed by atoms with Crippen LogP contribution in [0.3, 0.4) is 0 Å². The summed E-state index contributed by atoms with van der Waals surface area (Å²) in [5.74, 6) is 0.413. The van der Waals surface area contributed by atoms with Gasteiger partial charge < -0.3 is 9.88 Å². The first kappa shape index (κ1) is 17.5. The highest BCUT2D eigenvalue weighted by molar-refractivity contribution is 7.13. The molecule has 140 valence electrons. The van der Waals surface area contributed by atoms with E-state index in [4.69, 9.17) is 0 Å². The smallest absolute Gasteiger partial charge is 0.346 e. The molecule has 1 fully saturated rings. The van der Waals surface area contributed by atoms with Gasteiger partial charge in [-0.25, -0.2) is 9.48 Å². The van der Waals surface area contributed by atoms with Crippen LogP contribution in [0.1, 0.15) is 18.9 Å². The van der Waals surface area contributed by atoms with E-state index in [2.05, 4.69) is 10.4 Å². The molecule has 3 heterocycles. The lowest BCUT2D eigenvalue weighted by molar-refractivity contribution is -0.121. The van der Waals surface area contributed by atoms with Crippen LogP contribution in [0.2, 0.25) is 0 Å². The van der Waals surface area contributed by atoms with Crippen LogP contribution in [-0.4, -0.2) is 31.4 Å². The maximum atomic E-state index is 12.7. The standard InChI is InChI=1S/C18H19N5O3S/c24-15(12-21-9-2-1-5-16(21)25)19-8-10-22-18(26)23(13-6-7-13)17(20-22)14-4-3-11-27-14/h1-5,9,11,13H,6-8,10,12H2,(H,19,24). The van der Waals surface area contributed by atoms with Crippen LogP contribution in [0.25, 0.3) is 10.7 Å². The summed E-state index contributed by atoms with van der Waals surface area (Å²) in [6, 6.07) is 8.85. The molecule has 0 unspecified atom stereocenters. The van der Waals surface area contributed by atoms with Crippen molar-refractivity contribution >= 4 is 17.2 Å². The number of hydrogen-bond donors (Lipinski definition) is 1. The van der Waals surface area contributed by atoms with Crippen molar-refractivity contribution < 1.29 is 4.79 Å². The Kier molecular flexibility index (Phi) is 4.76. The molecule has 3 aromatic rings. The van der Waals surface area contributed by atoms with Crippen LogP contribution in [0, 0.1) is 0 Å². The molecular formula is C18H19N5O3S. The first-order valence-electron chi connectivity index (χ1n) is 8.79. The van der Waals surface area contributed by atoms with Crippen molar-refractivity contribution in [1.29, 1.82) is 0 Å². The number of pyridine rings is 1. The van der Waals surface area contributed by atoms with Crippen molar-refractivity contribution in [2.24, 2.45) is 0 Å². The minimum absolute atomic E-state index is 0.0501. The van der Waals surface area contributed by atoms with E-state index in [1.807, 2.05) is 17.5 Å². The van der Waals surface area contributed by atoms with Crippen molar-refractivity contribution in [2.45, 2.75) is 32.0 Å². The van der Waals surface area contributed by atoms with Gasteiger partial charge in [0.15, 0.2) is 5.82 Å². The molecule has 0 radical (unpaired) electrons. The molecule has 0 bridgehead atoms. The van der Waals surface area contributed by atoms with Crippen LogP contribution in [0.4, 0.5) is 0 Å². The Labute approximate surface area is 158 Å². The molecule has 1 amide bonds. The maximum Gasteiger partial charge on any atom is 0.346 e. The Morgan fingerprint density at radius 3 is 2.78 bits per heavy atom. The van der Waals surface area contributed by atoms with E-state index in [9.17, 15) is 14.4 Å². The first-order valence-corrected chi connectivity index (χ1v) is 9.67. The van der Waals surface area contributed by atoms with Crippen molar-refractivity contribution in [1.82, 2.24) is 24.2 Å². The number of amides is 1. The molecule has 1 N–H and O–H groups in total. The van der Waals surface area contributed by atoms with E-state index in [1.165, 1.54) is 15.3 Å². The number of thiophene rings is 1. The molecule has 1 aliphatic rings. The van der Waals surface area contributed by atoms with Crippen LogP contribution >= 0.6 is 11.3 Å². The van der Waals surface area contributed by atoms with E-state index >= 15 is 0 Å². The second-order valence-corrected chi connectivity index (χ2v) is 7.37. The highest BCUT2D eigenvalue weighted by Crippen LogP contribution is 2.37. The Balaban J connectivity index is 1.42. The SMILES string of the molecule is O=C(Cn1ccccc1=O)NCCn1nc(-c2cccs2)n(C2CC2)c1=O. The number of nitrogens with zero attached hydrogens (tertiary/aromatic N) is 4. The number of hydrogen-bond acceptors (Lipinski definition) is 5. The summed E-state index contributed by atoms with van der Waals surface area (Å²) < 4.78 is 4.50. The fourth-order valence-corrected chi connectivity index (χ4v) is 3.61. The monoisotopic (exact) mass is 385 g/mol. The fourth-order valence-electron chi connectivity index (χ4n) is 2.90. The second kappa shape index (κ2) is 7.36. The summed E-state index contributed by atoms with van der Waals surface area (Å²) in [6.07, 6.45) is 3.55. The third-order valence-corrected chi connectivity index (χ3v) is 5.25. The molecule has 1 aliphatic carbocycles. The van der Waals surface area contributed by atoms with E-state index in [-0.39, 0.29) is 42.8 Å². The van der Waals surface area contributed by atoms with E-state index in [0.29, 0.717) is 5.82 Å². The summed E-state index contributed by atoms with van der Waals surface area (Å²) in [6.45, 7) is 0.504. The van der Waals surface area contributed by atoms with Gasteiger partial charge in [0.05, 0.1) is 11.4 Å². The zero-order chi connectivity index (χ0) is 18.8. The number of nitrogens with one attached hydrogen (secondary N) is 1. The molecule has 9 heteroatoms. The Hall–Kier alpha value is -2.94. The Morgan fingerprint density at radius 2 is 2.07 bits per heavy atom. The van der Waals surface area contributed by atoms with E-state index in [1.54, 1.807) is 34.2 Å². The molecule has 3 aromatic heterocycles. The normalized spacial score (nSPS) is 13.6. The maximum absolute atomic E-state index is 12.7. The highest BCUT2D eigenvalue weighted by Gasteiger charge is 2.30. The van der Waals surface area contributed by atoms with Gasteiger partial charge in [0, 0.05) is 24.8 Å². The topological polar surface area (TPSA) is 90.9 Å². The fraction of sp³-hybridized carbons (Fsp3) is 0.333. The summed E-state index contributed by atoms with van der Waals surface area (Å²) in [7, 11) is 0. The Morgan fingerprint density at radius 1 is 1.22 bits per heavy atom. The quantitative estimate of drug-likeness (QED) is 0.659. The molecule has 1 saturated carbocycles. The lowest BCUT2D eigenvalue weighted by atomic mass is 10.4. The third kappa shape index (κ3) is 3.77. The summed E-state index contributed by atoms with van der Waals surface area (Å²) in [5.41, 5.74) is -0.373. The molecule has 4 rings (SSSR count). The van der Waals surface area contributed by atoms with E-state index in [0.717, 1.165) is 17.7 Å². The van der Waals surface area contributed by atoms with Crippen molar-refractivity contribution in [3.8, 4) is 10.7 Å². The van der Waals surface area contributed by atoms with Gasteiger partial charge in [-0.3, -0.25) is 14.2 Å². The van der Waals surface area contributed by atoms with Crippen LogP contribution in [-0.2, 0) is 17.9 Å².